The summed E-state index contributed by atoms with van der Waals surface area (Å²) in [5.74, 6) is -3.19. The number of halogens is 4. The third kappa shape index (κ3) is 7.87. The van der Waals surface area contributed by atoms with Gasteiger partial charge in [0.2, 0.25) is 5.75 Å². The average molecular weight is 551 g/mol. The van der Waals surface area contributed by atoms with E-state index in [2.05, 4.69) is 35.1 Å². The maximum Gasteiger partial charge on any atom is 0.490 e. The van der Waals surface area contributed by atoms with Gasteiger partial charge < -0.3 is 14.7 Å². The van der Waals surface area contributed by atoms with Crippen LogP contribution in [0.5, 0.6) is 11.5 Å². The lowest BCUT2D eigenvalue weighted by molar-refractivity contribution is -0.192. The van der Waals surface area contributed by atoms with Crippen LogP contribution in [-0.4, -0.2) is 70.1 Å². The van der Waals surface area contributed by atoms with Gasteiger partial charge in [0.25, 0.3) is 0 Å². The van der Waals surface area contributed by atoms with Crippen LogP contribution >= 0.6 is 0 Å². The Labute approximate surface area is 223 Å². The second kappa shape index (κ2) is 12.9. The number of aromatic nitrogens is 2. The summed E-state index contributed by atoms with van der Waals surface area (Å²) in [4.78, 5) is 26.6. The zero-order chi connectivity index (χ0) is 28.7. The Bertz CT molecular complexity index is 1340. The molecule has 0 saturated carbocycles. The molecule has 1 N–H and O–H groups in total. The summed E-state index contributed by atoms with van der Waals surface area (Å²) in [7, 11) is 5.76. The lowest BCUT2D eigenvalue weighted by atomic mass is 10.00. The maximum atomic E-state index is 14.3. The molecule has 12 heteroatoms. The molecular weight excluding hydrogens is 520 g/mol. The fourth-order valence-electron chi connectivity index (χ4n) is 4.32. The molecule has 0 spiro atoms. The molecule has 1 aliphatic rings. The number of likely N-dealkylation sites (tertiary alicyclic amines) is 1. The number of carboxylic acids is 1. The van der Waals surface area contributed by atoms with Crippen LogP contribution in [0.15, 0.2) is 59.5 Å². The van der Waals surface area contributed by atoms with Crippen LogP contribution in [0.2, 0.25) is 0 Å². The van der Waals surface area contributed by atoms with Gasteiger partial charge in [-0.3, -0.25) is 9.69 Å². The van der Waals surface area contributed by atoms with Gasteiger partial charge in [-0.25, -0.2) is 13.9 Å². The van der Waals surface area contributed by atoms with Crippen LogP contribution < -0.4 is 10.3 Å². The van der Waals surface area contributed by atoms with Crippen molar-refractivity contribution in [3.05, 3.63) is 76.5 Å². The van der Waals surface area contributed by atoms with E-state index in [1.807, 2.05) is 18.2 Å². The van der Waals surface area contributed by atoms with Gasteiger partial charge in [0, 0.05) is 26.2 Å². The van der Waals surface area contributed by atoms with E-state index in [0.29, 0.717) is 11.6 Å². The van der Waals surface area contributed by atoms with Crippen molar-refractivity contribution in [2.24, 2.45) is 7.05 Å². The Morgan fingerprint density at radius 3 is 2.41 bits per heavy atom. The summed E-state index contributed by atoms with van der Waals surface area (Å²) < 4.78 is 53.1. The van der Waals surface area contributed by atoms with Crippen molar-refractivity contribution in [1.29, 1.82) is 0 Å². The van der Waals surface area contributed by atoms with Crippen molar-refractivity contribution in [1.82, 2.24) is 19.6 Å². The number of alkyl halides is 3. The van der Waals surface area contributed by atoms with Gasteiger partial charge in [-0.15, -0.1) is 0 Å². The molecule has 8 nitrogen and oxygen atoms in total. The van der Waals surface area contributed by atoms with Gasteiger partial charge in [0.1, 0.15) is 0 Å². The van der Waals surface area contributed by atoms with E-state index in [4.69, 9.17) is 14.6 Å². The highest BCUT2D eigenvalue weighted by Crippen LogP contribution is 2.34. The number of rotatable bonds is 7. The van der Waals surface area contributed by atoms with Crippen LogP contribution in [0.4, 0.5) is 17.6 Å². The molecule has 210 valence electrons. The smallest absolute Gasteiger partial charge is 0.475 e. The number of para-hydroxylation sites is 1. The van der Waals surface area contributed by atoms with Crippen molar-refractivity contribution in [2.75, 3.05) is 27.2 Å². The molecule has 2 heterocycles. The Kier molecular flexibility index (Phi) is 9.81. The Balaban J connectivity index is 0.000000532. The van der Waals surface area contributed by atoms with E-state index in [0.717, 1.165) is 30.8 Å². The van der Waals surface area contributed by atoms with Gasteiger partial charge >= 0.3 is 17.7 Å². The highest BCUT2D eigenvalue weighted by Gasteiger charge is 2.38. The number of hydrogen-bond donors (Lipinski definition) is 1. The number of hydrogen-bond acceptors (Lipinski definition) is 6. The summed E-state index contributed by atoms with van der Waals surface area (Å²) >= 11 is 0. The SMILES string of the molecule is CN(C)CC1CCCN1Cc1ccccc1-c1cnn(C)c(=O)c1Oc1ccccc1F.O=C(O)C(F)(F)F. The minimum absolute atomic E-state index is 0.0140. The number of benzene rings is 2. The van der Waals surface area contributed by atoms with Gasteiger partial charge in [0.05, 0.1) is 11.8 Å². The number of ether oxygens (including phenoxy) is 1. The van der Waals surface area contributed by atoms with Crippen molar-refractivity contribution >= 4 is 5.97 Å². The van der Waals surface area contributed by atoms with E-state index >= 15 is 0 Å². The largest absolute Gasteiger partial charge is 0.490 e. The van der Waals surface area contributed by atoms with Gasteiger partial charge in [-0.05, 0) is 56.7 Å². The minimum atomic E-state index is -5.08. The first-order valence-electron chi connectivity index (χ1n) is 12.1. The molecule has 1 aliphatic heterocycles. The third-order valence-corrected chi connectivity index (χ3v) is 6.14. The number of aryl methyl sites for hydroxylation is 1. The molecule has 0 radical (unpaired) electrons. The molecule has 0 aliphatic carbocycles. The minimum Gasteiger partial charge on any atom is -0.475 e. The van der Waals surface area contributed by atoms with E-state index < -0.39 is 23.5 Å². The molecule has 1 atom stereocenters. The zero-order valence-corrected chi connectivity index (χ0v) is 21.8. The summed E-state index contributed by atoms with van der Waals surface area (Å²) in [6, 6.07) is 14.6. The van der Waals surface area contributed by atoms with Crippen LogP contribution in [0.1, 0.15) is 18.4 Å². The summed E-state index contributed by atoms with van der Waals surface area (Å²) in [5, 5.41) is 11.3. The molecule has 39 heavy (non-hydrogen) atoms. The van der Waals surface area contributed by atoms with Crippen LogP contribution in [0.3, 0.4) is 0 Å². The average Bonchev–Trinajstić information content (AvgIpc) is 3.29. The Morgan fingerprint density at radius 1 is 1.13 bits per heavy atom. The number of likely N-dealkylation sites (N-methyl/N-ethyl adjacent to an activating group) is 1. The fourth-order valence-corrected chi connectivity index (χ4v) is 4.32. The molecule has 1 aromatic heterocycles. The van der Waals surface area contributed by atoms with Crippen molar-refractivity contribution in [2.45, 2.75) is 31.6 Å². The van der Waals surface area contributed by atoms with Crippen molar-refractivity contribution in [3.8, 4) is 22.6 Å². The molecule has 4 rings (SSSR count). The quantitative estimate of drug-likeness (QED) is 0.433. The standard InChI is InChI=1S/C25H29FN4O2.C2HF3O2/c1-28(2)17-19-10-8-14-30(19)16-18-9-4-5-11-20(18)21-15-27-29(3)25(31)24(21)32-23-13-7-6-12-22(23)26;3-2(4,5)1(6)7/h4-7,9,11-13,15,19H,8,10,14,16-17H2,1-3H3;(H,6,7). The van der Waals surface area contributed by atoms with E-state index in [-0.39, 0.29) is 11.5 Å². The summed E-state index contributed by atoms with van der Waals surface area (Å²) in [6.07, 6.45) is -1.11. The van der Waals surface area contributed by atoms with E-state index in [1.54, 1.807) is 25.4 Å². The van der Waals surface area contributed by atoms with E-state index in [9.17, 15) is 22.4 Å². The van der Waals surface area contributed by atoms with Crippen LogP contribution in [-0.2, 0) is 18.4 Å². The first-order chi connectivity index (χ1) is 18.4. The monoisotopic (exact) mass is 550 g/mol. The van der Waals surface area contributed by atoms with Gasteiger partial charge in [0.15, 0.2) is 11.6 Å². The highest BCUT2D eigenvalue weighted by molar-refractivity contribution is 5.73. The number of aliphatic carboxylic acids is 1. The zero-order valence-electron chi connectivity index (χ0n) is 21.8. The Morgan fingerprint density at radius 2 is 1.77 bits per heavy atom. The topological polar surface area (TPSA) is 87.9 Å². The molecule has 1 unspecified atom stereocenters. The highest BCUT2D eigenvalue weighted by atomic mass is 19.4. The Hall–Kier alpha value is -3.77. The van der Waals surface area contributed by atoms with Crippen molar-refractivity contribution in [3.63, 3.8) is 0 Å². The first-order valence-corrected chi connectivity index (χ1v) is 12.1. The predicted octanol–water partition coefficient (Wildman–Crippen LogP) is 4.54. The predicted molar refractivity (Wildman–Crippen MR) is 137 cm³/mol. The van der Waals surface area contributed by atoms with Gasteiger partial charge in [-0.1, -0.05) is 36.4 Å². The summed E-state index contributed by atoms with van der Waals surface area (Å²) in [6.45, 7) is 2.82. The second-order valence-electron chi connectivity index (χ2n) is 9.34. The molecular formula is C27H30F4N4O4. The molecule has 3 aromatic rings. The van der Waals surface area contributed by atoms with Gasteiger partial charge in [-0.2, -0.15) is 18.3 Å². The van der Waals surface area contributed by atoms with Crippen LogP contribution in [0, 0.1) is 5.82 Å². The number of carboxylic acid groups (broad SMARTS) is 1. The molecule has 0 amide bonds. The summed E-state index contributed by atoms with van der Waals surface area (Å²) in [5.41, 5.74) is 2.12. The van der Waals surface area contributed by atoms with E-state index in [1.165, 1.54) is 29.7 Å². The molecule has 2 aromatic carbocycles. The van der Waals surface area contributed by atoms with Crippen molar-refractivity contribution < 1.29 is 32.2 Å². The lowest BCUT2D eigenvalue weighted by Gasteiger charge is -2.28. The molecule has 0 bridgehead atoms. The maximum absolute atomic E-state index is 14.3. The normalized spacial score (nSPS) is 15.6. The first kappa shape index (κ1) is 29.8. The number of carbonyl (C=O) groups is 1. The fraction of sp³-hybridized carbons (Fsp3) is 0.370. The molecule has 1 fully saturated rings. The third-order valence-electron chi connectivity index (χ3n) is 6.14. The lowest BCUT2D eigenvalue weighted by Crippen LogP contribution is -2.37. The second-order valence-corrected chi connectivity index (χ2v) is 9.34. The molecule has 1 saturated heterocycles. The number of nitrogens with zero attached hydrogens (tertiary/aromatic N) is 4. The van der Waals surface area contributed by atoms with Crippen LogP contribution in [0.25, 0.3) is 11.1 Å².